The summed E-state index contributed by atoms with van der Waals surface area (Å²) in [7, 11) is 0. The van der Waals surface area contributed by atoms with Gasteiger partial charge in [0.05, 0.1) is 12.5 Å². The van der Waals surface area contributed by atoms with Crippen LogP contribution in [-0.4, -0.2) is 30.6 Å². The fourth-order valence-corrected chi connectivity index (χ4v) is 2.47. The Morgan fingerprint density at radius 1 is 1.59 bits per heavy atom. The van der Waals surface area contributed by atoms with Gasteiger partial charge in [-0.1, -0.05) is 6.07 Å². The fourth-order valence-electron chi connectivity index (χ4n) is 2.12. The Bertz CT molecular complexity index is 411. The second kappa shape index (κ2) is 5.60. The van der Waals surface area contributed by atoms with Gasteiger partial charge in [-0.3, -0.25) is 4.79 Å². The average molecular weight is 299 g/mol. The van der Waals surface area contributed by atoms with Crippen LogP contribution in [-0.2, 0) is 9.53 Å². The van der Waals surface area contributed by atoms with Crippen molar-refractivity contribution < 1.29 is 9.53 Å². The lowest BCUT2D eigenvalue weighted by atomic mass is 9.92. The highest BCUT2D eigenvalue weighted by atomic mass is 79.9. The summed E-state index contributed by atoms with van der Waals surface area (Å²) >= 11 is 3.35. The Hall–Kier alpha value is -0.940. The Labute approximate surface area is 109 Å². The fraction of sp³-hybridized carbons (Fsp3) is 0.500. The number of hydrogen-bond acceptors (Lipinski definition) is 4. The van der Waals surface area contributed by atoms with Crippen LogP contribution in [0.2, 0.25) is 0 Å². The predicted molar refractivity (Wildman–Crippen MR) is 67.7 cm³/mol. The van der Waals surface area contributed by atoms with Crippen LogP contribution >= 0.6 is 15.9 Å². The zero-order valence-electron chi connectivity index (χ0n) is 9.65. The van der Waals surface area contributed by atoms with E-state index in [2.05, 4.69) is 26.2 Å². The number of aromatic nitrogens is 1. The first-order valence-corrected chi connectivity index (χ1v) is 6.51. The van der Waals surface area contributed by atoms with E-state index in [-0.39, 0.29) is 17.8 Å². The zero-order chi connectivity index (χ0) is 12.3. The van der Waals surface area contributed by atoms with Crippen molar-refractivity contribution in [2.75, 3.05) is 19.7 Å². The van der Waals surface area contributed by atoms with E-state index in [9.17, 15) is 4.79 Å². The third-order valence-corrected chi connectivity index (χ3v) is 3.36. The van der Waals surface area contributed by atoms with Crippen LogP contribution < -0.4 is 5.32 Å². The minimum atomic E-state index is -0.135. The summed E-state index contributed by atoms with van der Waals surface area (Å²) in [6, 6.07) is 5.77. The van der Waals surface area contributed by atoms with Gasteiger partial charge in [0, 0.05) is 24.7 Å². The summed E-state index contributed by atoms with van der Waals surface area (Å²) in [4.78, 5) is 16.2. The molecule has 5 heteroatoms. The maximum absolute atomic E-state index is 11.8. The van der Waals surface area contributed by atoms with Crippen molar-refractivity contribution in [1.29, 1.82) is 0 Å². The molecular formula is C12H15BrN2O2. The highest BCUT2D eigenvalue weighted by molar-refractivity contribution is 9.10. The summed E-state index contributed by atoms with van der Waals surface area (Å²) in [5, 5.41) is 3.22. The Morgan fingerprint density at radius 2 is 2.41 bits per heavy atom. The first kappa shape index (κ1) is 12.5. The van der Waals surface area contributed by atoms with Gasteiger partial charge in [0.1, 0.15) is 4.60 Å². The third kappa shape index (κ3) is 2.84. The topological polar surface area (TPSA) is 51.2 Å². The average Bonchev–Trinajstić information content (AvgIpc) is 2.78. The Balaban J connectivity index is 2.17. The number of nitrogens with zero attached hydrogens (tertiary/aromatic N) is 1. The Morgan fingerprint density at radius 3 is 3.12 bits per heavy atom. The monoisotopic (exact) mass is 298 g/mol. The smallest absolute Gasteiger partial charge is 0.310 e. The summed E-state index contributed by atoms with van der Waals surface area (Å²) in [5.41, 5.74) is 0.933. The molecule has 0 bridgehead atoms. The summed E-state index contributed by atoms with van der Waals surface area (Å²) < 4.78 is 5.89. The molecule has 1 aliphatic heterocycles. The van der Waals surface area contributed by atoms with Crippen LogP contribution in [0.1, 0.15) is 18.5 Å². The van der Waals surface area contributed by atoms with Gasteiger partial charge in [0.2, 0.25) is 0 Å². The van der Waals surface area contributed by atoms with Gasteiger partial charge in [0.25, 0.3) is 0 Å². The molecule has 4 nitrogen and oxygen atoms in total. The van der Waals surface area contributed by atoms with Crippen molar-refractivity contribution in [3.05, 3.63) is 28.5 Å². The van der Waals surface area contributed by atoms with Crippen LogP contribution in [0.15, 0.2) is 22.8 Å². The van der Waals surface area contributed by atoms with E-state index in [1.807, 2.05) is 25.1 Å². The zero-order valence-corrected chi connectivity index (χ0v) is 11.2. The van der Waals surface area contributed by atoms with Crippen LogP contribution in [0.5, 0.6) is 0 Å². The Kier molecular flexibility index (Phi) is 4.12. The van der Waals surface area contributed by atoms with Gasteiger partial charge < -0.3 is 10.1 Å². The van der Waals surface area contributed by atoms with E-state index < -0.39 is 0 Å². The molecule has 0 spiro atoms. The molecule has 0 amide bonds. The molecule has 92 valence electrons. The van der Waals surface area contributed by atoms with Crippen LogP contribution in [0.25, 0.3) is 0 Å². The number of nitrogens with one attached hydrogen (secondary N) is 1. The molecule has 17 heavy (non-hydrogen) atoms. The first-order valence-electron chi connectivity index (χ1n) is 5.72. The highest BCUT2D eigenvalue weighted by Crippen LogP contribution is 2.28. The van der Waals surface area contributed by atoms with Crippen LogP contribution in [0.3, 0.4) is 0 Å². The molecule has 2 heterocycles. The molecule has 0 aromatic carbocycles. The molecule has 2 atom stereocenters. The predicted octanol–water partition coefficient (Wildman–Crippen LogP) is 1.71. The number of ether oxygens (including phenoxy) is 1. The first-order chi connectivity index (χ1) is 8.22. The molecule has 1 N–H and O–H groups in total. The summed E-state index contributed by atoms with van der Waals surface area (Å²) in [5.74, 6) is -0.160. The maximum atomic E-state index is 11.8. The largest absolute Gasteiger partial charge is 0.466 e. The van der Waals surface area contributed by atoms with E-state index in [1.165, 1.54) is 0 Å². The van der Waals surface area contributed by atoms with Crippen molar-refractivity contribution >= 4 is 21.9 Å². The van der Waals surface area contributed by atoms with E-state index in [0.29, 0.717) is 13.2 Å². The van der Waals surface area contributed by atoms with Gasteiger partial charge in [-0.25, -0.2) is 4.98 Å². The van der Waals surface area contributed by atoms with E-state index in [0.717, 1.165) is 16.8 Å². The lowest BCUT2D eigenvalue weighted by Crippen LogP contribution is -2.24. The maximum Gasteiger partial charge on any atom is 0.310 e. The minimum Gasteiger partial charge on any atom is -0.466 e. The molecule has 1 saturated heterocycles. The van der Waals surface area contributed by atoms with Crippen molar-refractivity contribution in [3.8, 4) is 0 Å². The van der Waals surface area contributed by atoms with Crippen molar-refractivity contribution in [3.63, 3.8) is 0 Å². The second-order valence-corrected chi connectivity index (χ2v) is 4.82. The van der Waals surface area contributed by atoms with Gasteiger partial charge in [-0.05, 0) is 35.0 Å². The molecule has 1 aliphatic rings. The lowest BCUT2D eigenvalue weighted by Gasteiger charge is -2.16. The molecule has 1 aromatic rings. The number of pyridine rings is 1. The van der Waals surface area contributed by atoms with Crippen molar-refractivity contribution in [1.82, 2.24) is 10.3 Å². The number of carbonyl (C=O) groups is 1. The quantitative estimate of drug-likeness (QED) is 0.682. The summed E-state index contributed by atoms with van der Waals surface area (Å²) in [6.07, 6.45) is 0. The van der Waals surface area contributed by atoms with Gasteiger partial charge >= 0.3 is 5.97 Å². The molecule has 1 aromatic heterocycles. The van der Waals surface area contributed by atoms with Crippen LogP contribution in [0, 0.1) is 5.92 Å². The highest BCUT2D eigenvalue weighted by Gasteiger charge is 2.35. The molecular weight excluding hydrogens is 284 g/mol. The van der Waals surface area contributed by atoms with Crippen LogP contribution in [0.4, 0.5) is 0 Å². The molecule has 2 unspecified atom stereocenters. The molecule has 1 fully saturated rings. The van der Waals surface area contributed by atoms with E-state index in [4.69, 9.17) is 4.74 Å². The standard InChI is InChI=1S/C12H15BrN2O2/c1-2-17-12(16)9-7-14-6-8(9)10-4-3-5-11(13)15-10/h3-5,8-9,14H,2,6-7H2,1H3. The van der Waals surface area contributed by atoms with E-state index in [1.54, 1.807) is 0 Å². The van der Waals surface area contributed by atoms with Gasteiger partial charge in [0.15, 0.2) is 0 Å². The van der Waals surface area contributed by atoms with Crippen molar-refractivity contribution in [2.24, 2.45) is 5.92 Å². The minimum absolute atomic E-state index is 0.103. The van der Waals surface area contributed by atoms with Gasteiger partial charge in [-0.15, -0.1) is 0 Å². The number of esters is 1. The molecule has 0 aliphatic carbocycles. The lowest BCUT2D eigenvalue weighted by molar-refractivity contribution is -0.147. The number of hydrogen-bond donors (Lipinski definition) is 1. The number of rotatable bonds is 3. The number of halogens is 1. The van der Waals surface area contributed by atoms with Gasteiger partial charge in [-0.2, -0.15) is 0 Å². The molecule has 0 radical (unpaired) electrons. The summed E-state index contributed by atoms with van der Waals surface area (Å²) in [6.45, 7) is 3.69. The molecule has 0 saturated carbocycles. The van der Waals surface area contributed by atoms with Crippen molar-refractivity contribution in [2.45, 2.75) is 12.8 Å². The number of carbonyl (C=O) groups excluding carboxylic acids is 1. The SMILES string of the molecule is CCOC(=O)C1CNCC1c1cccc(Br)n1. The normalized spacial score (nSPS) is 23.6. The third-order valence-electron chi connectivity index (χ3n) is 2.92. The second-order valence-electron chi connectivity index (χ2n) is 4.01. The molecule has 2 rings (SSSR count). The van der Waals surface area contributed by atoms with E-state index >= 15 is 0 Å².